The van der Waals surface area contributed by atoms with Crippen LogP contribution < -0.4 is 4.74 Å². The van der Waals surface area contributed by atoms with E-state index in [1.54, 1.807) is 0 Å². The van der Waals surface area contributed by atoms with E-state index in [2.05, 4.69) is 0 Å². The van der Waals surface area contributed by atoms with E-state index in [1.807, 2.05) is 0 Å². The molecule has 0 radical (unpaired) electrons. The summed E-state index contributed by atoms with van der Waals surface area (Å²) in [7, 11) is 0. The van der Waals surface area contributed by atoms with Crippen LogP contribution in [0.2, 0.25) is 5.02 Å². The fourth-order valence-corrected chi connectivity index (χ4v) is 1.88. The van der Waals surface area contributed by atoms with E-state index >= 15 is 0 Å². The first-order valence-electron chi connectivity index (χ1n) is 5.97. The minimum atomic E-state index is -0.501. The van der Waals surface area contributed by atoms with Crippen LogP contribution in [0, 0.1) is 10.1 Å². The highest BCUT2D eigenvalue weighted by atomic mass is 35.5. The van der Waals surface area contributed by atoms with E-state index in [-0.39, 0.29) is 24.3 Å². The molecule has 0 atom stereocenters. The molecule has 0 N–H and O–H groups in total. The minimum Gasteiger partial charge on any atom is -0.487 e. The van der Waals surface area contributed by atoms with Gasteiger partial charge in [-0.25, -0.2) is 0 Å². The highest BCUT2D eigenvalue weighted by molar-refractivity contribution is 6.30. The SMILES string of the molecule is O=[N+]([O-])c1ccc(Cl)cc1OCCC1OCCCO1. The molecule has 2 rings (SSSR count). The van der Waals surface area contributed by atoms with Crippen LogP contribution in [0.3, 0.4) is 0 Å². The molecule has 0 bridgehead atoms. The summed E-state index contributed by atoms with van der Waals surface area (Å²) in [6, 6.07) is 4.22. The highest BCUT2D eigenvalue weighted by Crippen LogP contribution is 2.30. The summed E-state index contributed by atoms with van der Waals surface area (Å²) in [4.78, 5) is 10.3. The monoisotopic (exact) mass is 287 g/mol. The molecule has 0 amide bonds. The summed E-state index contributed by atoms with van der Waals surface area (Å²) in [5.41, 5.74) is -0.102. The van der Waals surface area contributed by atoms with Crippen molar-refractivity contribution in [3.63, 3.8) is 0 Å². The van der Waals surface area contributed by atoms with Gasteiger partial charge in [-0.2, -0.15) is 0 Å². The van der Waals surface area contributed by atoms with Crippen LogP contribution in [0.25, 0.3) is 0 Å². The van der Waals surface area contributed by atoms with E-state index < -0.39 is 4.92 Å². The average molecular weight is 288 g/mol. The summed E-state index contributed by atoms with van der Waals surface area (Å²) >= 11 is 5.80. The van der Waals surface area contributed by atoms with Gasteiger partial charge in [0.25, 0.3) is 0 Å². The molecule has 0 saturated carbocycles. The predicted molar refractivity (Wildman–Crippen MR) is 68.5 cm³/mol. The maximum atomic E-state index is 10.8. The maximum absolute atomic E-state index is 10.8. The molecule has 0 aromatic heterocycles. The Hall–Kier alpha value is -1.37. The van der Waals surface area contributed by atoms with Crippen molar-refractivity contribution in [2.75, 3.05) is 19.8 Å². The van der Waals surface area contributed by atoms with Crippen molar-refractivity contribution in [1.82, 2.24) is 0 Å². The van der Waals surface area contributed by atoms with Crippen LogP contribution >= 0.6 is 11.6 Å². The molecule has 0 aliphatic carbocycles. The zero-order valence-electron chi connectivity index (χ0n) is 10.2. The van der Waals surface area contributed by atoms with Gasteiger partial charge in [0.1, 0.15) is 0 Å². The number of benzene rings is 1. The number of nitro benzene ring substituents is 1. The van der Waals surface area contributed by atoms with Gasteiger partial charge < -0.3 is 14.2 Å². The second kappa shape index (κ2) is 6.70. The highest BCUT2D eigenvalue weighted by Gasteiger charge is 2.17. The molecular weight excluding hydrogens is 274 g/mol. The summed E-state index contributed by atoms with van der Waals surface area (Å²) in [6.07, 6.45) is 1.10. The second-order valence-corrected chi connectivity index (χ2v) is 4.47. The Balaban J connectivity index is 1.91. The zero-order valence-corrected chi connectivity index (χ0v) is 11.0. The Labute approximate surface area is 115 Å². The van der Waals surface area contributed by atoms with Crippen LogP contribution in [0.4, 0.5) is 5.69 Å². The maximum Gasteiger partial charge on any atom is 0.311 e. The Bertz CT molecular complexity index is 448. The lowest BCUT2D eigenvalue weighted by Crippen LogP contribution is -2.26. The summed E-state index contributed by atoms with van der Waals surface area (Å²) < 4.78 is 16.1. The molecule has 1 fully saturated rings. The van der Waals surface area contributed by atoms with E-state index in [0.29, 0.717) is 24.7 Å². The molecular formula is C12H14ClNO5. The van der Waals surface area contributed by atoms with Gasteiger partial charge in [0.15, 0.2) is 12.0 Å². The van der Waals surface area contributed by atoms with Crippen molar-refractivity contribution in [1.29, 1.82) is 0 Å². The number of rotatable bonds is 5. The third-order valence-corrected chi connectivity index (χ3v) is 2.86. The quantitative estimate of drug-likeness (QED) is 0.615. The first-order valence-corrected chi connectivity index (χ1v) is 6.34. The van der Waals surface area contributed by atoms with Gasteiger partial charge in [0, 0.05) is 23.6 Å². The number of nitro groups is 1. The molecule has 6 nitrogen and oxygen atoms in total. The Morgan fingerprint density at radius 3 is 2.84 bits per heavy atom. The molecule has 1 heterocycles. The van der Waals surface area contributed by atoms with Crippen molar-refractivity contribution in [3.05, 3.63) is 33.3 Å². The summed E-state index contributed by atoms with van der Waals surface area (Å²) in [5.74, 6) is 0.160. The largest absolute Gasteiger partial charge is 0.487 e. The van der Waals surface area contributed by atoms with Gasteiger partial charge in [-0.05, 0) is 12.5 Å². The van der Waals surface area contributed by atoms with Gasteiger partial charge in [-0.15, -0.1) is 0 Å². The standard InChI is InChI=1S/C12H14ClNO5/c13-9-2-3-10(14(15)16)11(8-9)17-7-4-12-18-5-1-6-19-12/h2-3,8,12H,1,4-7H2. The lowest BCUT2D eigenvalue weighted by Gasteiger charge is -2.23. The topological polar surface area (TPSA) is 70.8 Å². The molecule has 1 aromatic carbocycles. The fourth-order valence-electron chi connectivity index (χ4n) is 1.72. The second-order valence-electron chi connectivity index (χ2n) is 4.03. The average Bonchev–Trinajstić information content (AvgIpc) is 2.39. The Morgan fingerprint density at radius 2 is 2.16 bits per heavy atom. The van der Waals surface area contributed by atoms with Crippen molar-refractivity contribution >= 4 is 17.3 Å². The van der Waals surface area contributed by atoms with E-state index in [0.717, 1.165) is 6.42 Å². The minimum absolute atomic E-state index is 0.102. The molecule has 1 aromatic rings. The van der Waals surface area contributed by atoms with Crippen molar-refractivity contribution in [2.24, 2.45) is 0 Å². The molecule has 0 unspecified atom stereocenters. The van der Waals surface area contributed by atoms with Crippen LogP contribution in [0.5, 0.6) is 5.75 Å². The zero-order chi connectivity index (χ0) is 13.7. The first kappa shape index (κ1) is 14.0. The van der Waals surface area contributed by atoms with Crippen molar-refractivity contribution < 1.29 is 19.1 Å². The normalized spacial score (nSPS) is 16.3. The lowest BCUT2D eigenvalue weighted by atomic mass is 10.3. The third-order valence-electron chi connectivity index (χ3n) is 2.63. The summed E-state index contributed by atoms with van der Waals surface area (Å²) in [5, 5.41) is 11.2. The Morgan fingerprint density at radius 1 is 1.42 bits per heavy atom. The van der Waals surface area contributed by atoms with Crippen LogP contribution in [-0.2, 0) is 9.47 Å². The smallest absolute Gasteiger partial charge is 0.311 e. The Kier molecular flexibility index (Phi) is 4.95. The number of ether oxygens (including phenoxy) is 3. The van der Waals surface area contributed by atoms with Crippen LogP contribution in [0.1, 0.15) is 12.8 Å². The summed E-state index contributed by atoms with van der Waals surface area (Å²) in [6.45, 7) is 1.61. The van der Waals surface area contributed by atoms with Gasteiger partial charge >= 0.3 is 5.69 Å². The van der Waals surface area contributed by atoms with Gasteiger partial charge in [0.05, 0.1) is 24.7 Å². The van der Waals surface area contributed by atoms with Gasteiger partial charge in [-0.1, -0.05) is 11.6 Å². The first-order chi connectivity index (χ1) is 9.16. The fraction of sp³-hybridized carbons (Fsp3) is 0.500. The number of halogens is 1. The number of hydrogen-bond donors (Lipinski definition) is 0. The lowest BCUT2D eigenvalue weighted by molar-refractivity contribution is -0.385. The number of nitrogens with zero attached hydrogens (tertiary/aromatic N) is 1. The van der Waals surface area contributed by atoms with E-state index in [1.165, 1.54) is 18.2 Å². The van der Waals surface area contributed by atoms with Gasteiger partial charge in [0.2, 0.25) is 0 Å². The van der Waals surface area contributed by atoms with Crippen molar-refractivity contribution in [2.45, 2.75) is 19.1 Å². The molecule has 1 aliphatic heterocycles. The van der Waals surface area contributed by atoms with Gasteiger partial charge in [-0.3, -0.25) is 10.1 Å². The molecule has 1 aliphatic rings. The van der Waals surface area contributed by atoms with Crippen molar-refractivity contribution in [3.8, 4) is 5.75 Å². The van der Waals surface area contributed by atoms with Crippen LogP contribution in [0.15, 0.2) is 18.2 Å². The molecule has 1 saturated heterocycles. The van der Waals surface area contributed by atoms with Crippen LogP contribution in [-0.4, -0.2) is 31.0 Å². The molecule has 0 spiro atoms. The molecule has 7 heteroatoms. The van der Waals surface area contributed by atoms with E-state index in [9.17, 15) is 10.1 Å². The van der Waals surface area contributed by atoms with E-state index in [4.69, 9.17) is 25.8 Å². The predicted octanol–water partition coefficient (Wildman–Crippen LogP) is 2.78. The molecule has 104 valence electrons. The molecule has 19 heavy (non-hydrogen) atoms. The number of hydrogen-bond acceptors (Lipinski definition) is 5. The third kappa shape index (κ3) is 4.05.